The second kappa shape index (κ2) is 8.76. The van der Waals surface area contributed by atoms with Gasteiger partial charge in [0.2, 0.25) is 0 Å². The molecule has 30 heavy (non-hydrogen) atoms. The van der Waals surface area contributed by atoms with Crippen LogP contribution < -0.4 is 4.74 Å². The normalized spacial score (nSPS) is 19.0. The van der Waals surface area contributed by atoms with Crippen molar-refractivity contribution in [3.8, 4) is 5.75 Å². The molecule has 0 radical (unpaired) electrons. The van der Waals surface area contributed by atoms with Crippen LogP contribution in [0, 0.1) is 13.8 Å². The van der Waals surface area contributed by atoms with Crippen LogP contribution in [0.15, 0.2) is 65.1 Å². The Morgan fingerprint density at radius 3 is 2.63 bits per heavy atom. The molecule has 0 aliphatic carbocycles. The number of ether oxygens (including phenoxy) is 2. The second-order valence-electron chi connectivity index (χ2n) is 7.88. The number of carbonyl (C=O) groups is 1. The van der Waals surface area contributed by atoms with Gasteiger partial charge in [0.05, 0.1) is 12.6 Å². The van der Waals surface area contributed by atoms with Gasteiger partial charge in [-0.05, 0) is 50.1 Å². The van der Waals surface area contributed by atoms with E-state index < -0.39 is 0 Å². The molecule has 1 saturated heterocycles. The topological polar surface area (TPSA) is 51.9 Å². The maximum atomic E-state index is 13.0. The first-order chi connectivity index (χ1) is 14.5. The standard InChI is InChI=1S/C25H27NO4/c1-17-9-11-22(18(2)13-17)28-16-21-10-12-23(30-21)25(27)26-14-19(3)29-24(15-26)20-7-5-4-6-8-20/h4-13,19,24H,14-16H2,1-3H3. The number of amides is 1. The minimum atomic E-state index is -0.138. The van der Waals surface area contributed by atoms with Crippen LogP contribution in [0.2, 0.25) is 0 Å². The summed E-state index contributed by atoms with van der Waals surface area (Å²) in [6.07, 6.45) is -0.184. The molecule has 2 unspecified atom stereocenters. The maximum absolute atomic E-state index is 13.0. The predicted octanol–water partition coefficient (Wildman–Crippen LogP) is 5.08. The summed E-state index contributed by atoms with van der Waals surface area (Å²) in [5, 5.41) is 0. The average molecular weight is 405 g/mol. The van der Waals surface area contributed by atoms with Crippen LogP contribution in [-0.4, -0.2) is 30.0 Å². The van der Waals surface area contributed by atoms with Gasteiger partial charge < -0.3 is 18.8 Å². The van der Waals surface area contributed by atoms with Crippen molar-refractivity contribution in [3.63, 3.8) is 0 Å². The van der Waals surface area contributed by atoms with E-state index in [9.17, 15) is 4.79 Å². The molecule has 1 aliphatic rings. The minimum Gasteiger partial charge on any atom is -0.485 e. The number of rotatable bonds is 5. The van der Waals surface area contributed by atoms with Gasteiger partial charge in [-0.25, -0.2) is 0 Å². The monoisotopic (exact) mass is 405 g/mol. The number of morpholine rings is 1. The number of aryl methyl sites for hydroxylation is 2. The molecule has 0 bridgehead atoms. The third-order valence-corrected chi connectivity index (χ3v) is 5.29. The van der Waals surface area contributed by atoms with Crippen molar-refractivity contribution in [1.82, 2.24) is 4.90 Å². The fourth-order valence-corrected chi connectivity index (χ4v) is 3.81. The van der Waals surface area contributed by atoms with Gasteiger partial charge in [-0.2, -0.15) is 0 Å². The van der Waals surface area contributed by atoms with Crippen molar-refractivity contribution < 1.29 is 18.7 Å². The van der Waals surface area contributed by atoms with E-state index >= 15 is 0 Å². The maximum Gasteiger partial charge on any atom is 0.289 e. The van der Waals surface area contributed by atoms with Gasteiger partial charge >= 0.3 is 0 Å². The van der Waals surface area contributed by atoms with E-state index in [2.05, 4.69) is 13.0 Å². The Morgan fingerprint density at radius 1 is 1.07 bits per heavy atom. The molecule has 1 aromatic heterocycles. The fourth-order valence-electron chi connectivity index (χ4n) is 3.81. The smallest absolute Gasteiger partial charge is 0.289 e. The van der Waals surface area contributed by atoms with Crippen LogP contribution in [0.4, 0.5) is 0 Å². The van der Waals surface area contributed by atoms with Gasteiger partial charge in [0.15, 0.2) is 5.76 Å². The number of hydrogen-bond donors (Lipinski definition) is 0. The van der Waals surface area contributed by atoms with Crippen molar-refractivity contribution in [1.29, 1.82) is 0 Å². The highest BCUT2D eigenvalue weighted by atomic mass is 16.5. The molecule has 156 valence electrons. The molecule has 2 aromatic carbocycles. The van der Waals surface area contributed by atoms with Crippen molar-refractivity contribution in [2.24, 2.45) is 0 Å². The zero-order chi connectivity index (χ0) is 21.1. The summed E-state index contributed by atoms with van der Waals surface area (Å²) >= 11 is 0. The molecule has 5 heteroatoms. The Morgan fingerprint density at radius 2 is 1.87 bits per heavy atom. The highest BCUT2D eigenvalue weighted by Crippen LogP contribution is 2.27. The number of furan rings is 1. The molecule has 0 saturated carbocycles. The van der Waals surface area contributed by atoms with Gasteiger partial charge in [-0.1, -0.05) is 48.0 Å². The van der Waals surface area contributed by atoms with Gasteiger partial charge in [0, 0.05) is 6.54 Å². The van der Waals surface area contributed by atoms with Gasteiger partial charge in [0.25, 0.3) is 5.91 Å². The lowest BCUT2D eigenvalue weighted by Crippen LogP contribution is -2.45. The average Bonchev–Trinajstić information content (AvgIpc) is 3.22. The fraction of sp³-hybridized carbons (Fsp3) is 0.320. The van der Waals surface area contributed by atoms with E-state index in [0.29, 0.717) is 24.6 Å². The van der Waals surface area contributed by atoms with E-state index in [1.54, 1.807) is 17.0 Å². The number of benzene rings is 2. The molecule has 1 aliphatic heterocycles. The minimum absolute atomic E-state index is 0.0461. The van der Waals surface area contributed by atoms with Crippen molar-refractivity contribution in [2.45, 2.75) is 39.6 Å². The largest absolute Gasteiger partial charge is 0.485 e. The van der Waals surface area contributed by atoms with Gasteiger partial charge in [-0.3, -0.25) is 4.79 Å². The molecule has 2 atom stereocenters. The van der Waals surface area contributed by atoms with Crippen LogP contribution >= 0.6 is 0 Å². The molecular weight excluding hydrogens is 378 g/mol. The third kappa shape index (κ3) is 4.57. The van der Waals surface area contributed by atoms with E-state index in [4.69, 9.17) is 13.9 Å². The highest BCUT2D eigenvalue weighted by molar-refractivity contribution is 5.91. The summed E-state index contributed by atoms with van der Waals surface area (Å²) in [4.78, 5) is 14.8. The van der Waals surface area contributed by atoms with Crippen LogP contribution in [-0.2, 0) is 11.3 Å². The zero-order valence-electron chi connectivity index (χ0n) is 17.6. The Kier molecular flexibility index (Phi) is 5.91. The van der Waals surface area contributed by atoms with E-state index in [0.717, 1.165) is 16.9 Å². The molecule has 1 fully saturated rings. The first-order valence-electron chi connectivity index (χ1n) is 10.3. The molecule has 5 nitrogen and oxygen atoms in total. The number of hydrogen-bond acceptors (Lipinski definition) is 4. The molecule has 0 N–H and O–H groups in total. The third-order valence-electron chi connectivity index (χ3n) is 5.29. The van der Waals surface area contributed by atoms with Crippen LogP contribution in [0.25, 0.3) is 0 Å². The first kappa shape index (κ1) is 20.2. The Bertz CT molecular complexity index is 1010. The Hall–Kier alpha value is -3.05. The lowest BCUT2D eigenvalue weighted by atomic mass is 10.1. The Labute approximate surface area is 177 Å². The quantitative estimate of drug-likeness (QED) is 0.594. The summed E-state index contributed by atoms with van der Waals surface area (Å²) in [5.41, 5.74) is 3.34. The SMILES string of the molecule is Cc1ccc(OCc2ccc(C(=O)N3CC(C)OC(c4ccccc4)C3)o2)c(C)c1. The highest BCUT2D eigenvalue weighted by Gasteiger charge is 2.31. The van der Waals surface area contributed by atoms with Gasteiger partial charge in [0.1, 0.15) is 24.2 Å². The van der Waals surface area contributed by atoms with Crippen LogP contribution in [0.5, 0.6) is 5.75 Å². The van der Waals surface area contributed by atoms with Crippen molar-refractivity contribution in [3.05, 3.63) is 88.9 Å². The van der Waals surface area contributed by atoms with E-state index in [1.165, 1.54) is 5.56 Å². The predicted molar refractivity (Wildman–Crippen MR) is 115 cm³/mol. The summed E-state index contributed by atoms with van der Waals surface area (Å²) in [6.45, 7) is 7.38. The first-order valence-corrected chi connectivity index (χ1v) is 10.3. The zero-order valence-corrected chi connectivity index (χ0v) is 17.6. The molecule has 0 spiro atoms. The lowest BCUT2D eigenvalue weighted by molar-refractivity contribution is -0.0697. The second-order valence-corrected chi connectivity index (χ2v) is 7.88. The number of carbonyl (C=O) groups excluding carboxylic acids is 1. The van der Waals surface area contributed by atoms with Crippen molar-refractivity contribution >= 4 is 5.91 Å². The number of nitrogens with zero attached hydrogens (tertiary/aromatic N) is 1. The summed E-state index contributed by atoms with van der Waals surface area (Å²) in [5.74, 6) is 1.65. The lowest BCUT2D eigenvalue weighted by Gasteiger charge is -2.36. The summed E-state index contributed by atoms with van der Waals surface area (Å²) < 4.78 is 17.7. The molecule has 1 amide bonds. The van der Waals surface area contributed by atoms with Crippen molar-refractivity contribution in [2.75, 3.05) is 13.1 Å². The van der Waals surface area contributed by atoms with Crippen LogP contribution in [0.1, 0.15) is 46.0 Å². The molecule has 2 heterocycles. The molecule has 3 aromatic rings. The summed E-state index contributed by atoms with van der Waals surface area (Å²) in [7, 11) is 0. The Balaban J connectivity index is 1.41. The van der Waals surface area contributed by atoms with Gasteiger partial charge in [-0.15, -0.1) is 0 Å². The van der Waals surface area contributed by atoms with E-state index in [-0.39, 0.29) is 24.7 Å². The van der Waals surface area contributed by atoms with E-state index in [1.807, 2.05) is 56.3 Å². The summed E-state index contributed by atoms with van der Waals surface area (Å²) in [6, 6.07) is 19.6. The molecule has 4 rings (SSSR count). The van der Waals surface area contributed by atoms with Crippen LogP contribution in [0.3, 0.4) is 0 Å². The molecular formula is C25H27NO4.